The zero-order chi connectivity index (χ0) is 15.1. The smallest absolute Gasteiger partial charge is 0.229 e. The maximum Gasteiger partial charge on any atom is 0.229 e. The molecule has 21 heavy (non-hydrogen) atoms. The molecule has 5 heteroatoms. The van der Waals surface area contributed by atoms with Gasteiger partial charge in [-0.2, -0.15) is 0 Å². The summed E-state index contributed by atoms with van der Waals surface area (Å²) in [5.41, 5.74) is 6.97. The van der Waals surface area contributed by atoms with E-state index in [-0.39, 0.29) is 12.3 Å². The molecule has 0 spiro atoms. The van der Waals surface area contributed by atoms with Gasteiger partial charge < -0.3 is 11.1 Å². The Labute approximate surface area is 128 Å². The van der Waals surface area contributed by atoms with Crippen LogP contribution in [0.1, 0.15) is 11.1 Å². The Kier molecular flexibility index (Phi) is 5.33. The summed E-state index contributed by atoms with van der Waals surface area (Å²) in [6, 6.07) is 10.6. The van der Waals surface area contributed by atoms with Crippen LogP contribution in [-0.2, 0) is 11.2 Å². The van der Waals surface area contributed by atoms with Crippen LogP contribution < -0.4 is 11.1 Å². The Morgan fingerprint density at radius 3 is 2.76 bits per heavy atom. The minimum atomic E-state index is -0.145. The van der Waals surface area contributed by atoms with Gasteiger partial charge in [-0.1, -0.05) is 35.6 Å². The van der Waals surface area contributed by atoms with Crippen LogP contribution in [0.15, 0.2) is 42.6 Å². The van der Waals surface area contributed by atoms with Crippen LogP contribution in [0.25, 0.3) is 0 Å². The summed E-state index contributed by atoms with van der Waals surface area (Å²) >= 11 is 5.80. The fraction of sp³-hybridized carbons (Fsp3) is 0.125. The van der Waals surface area contributed by atoms with E-state index in [9.17, 15) is 4.79 Å². The number of aromatic nitrogens is 1. The molecule has 0 aliphatic heterocycles. The number of pyridine rings is 1. The SMILES string of the molecule is NCC#Cc1ccnc(NC(=O)Cc2ccc(Cl)cc2)c1. The third kappa shape index (κ3) is 4.92. The largest absolute Gasteiger partial charge is 0.320 e. The summed E-state index contributed by atoms with van der Waals surface area (Å²) in [6.07, 6.45) is 1.86. The monoisotopic (exact) mass is 299 g/mol. The lowest BCUT2D eigenvalue weighted by atomic mass is 10.1. The van der Waals surface area contributed by atoms with Crippen LogP contribution in [0, 0.1) is 11.8 Å². The van der Waals surface area contributed by atoms with Gasteiger partial charge in [0.15, 0.2) is 0 Å². The van der Waals surface area contributed by atoms with Crippen LogP contribution in [0.4, 0.5) is 5.82 Å². The molecule has 1 heterocycles. The van der Waals surface area contributed by atoms with Gasteiger partial charge in [-0.25, -0.2) is 4.98 Å². The van der Waals surface area contributed by atoms with E-state index in [1.54, 1.807) is 30.5 Å². The highest BCUT2D eigenvalue weighted by molar-refractivity contribution is 6.30. The number of amides is 1. The minimum absolute atomic E-state index is 0.145. The second-order valence-corrected chi connectivity index (χ2v) is 4.72. The van der Waals surface area contributed by atoms with Crippen molar-refractivity contribution in [3.63, 3.8) is 0 Å². The summed E-state index contributed by atoms with van der Waals surface area (Å²) in [4.78, 5) is 16.0. The van der Waals surface area contributed by atoms with Gasteiger partial charge in [0.05, 0.1) is 13.0 Å². The van der Waals surface area contributed by atoms with Gasteiger partial charge in [-0.15, -0.1) is 0 Å². The zero-order valence-corrected chi connectivity index (χ0v) is 12.0. The molecule has 0 saturated heterocycles. The molecule has 0 atom stereocenters. The van der Waals surface area contributed by atoms with E-state index in [4.69, 9.17) is 17.3 Å². The fourth-order valence-electron chi connectivity index (χ4n) is 1.70. The number of nitrogens with zero attached hydrogens (tertiary/aromatic N) is 1. The van der Waals surface area contributed by atoms with E-state index in [1.807, 2.05) is 12.1 Å². The number of benzene rings is 1. The van der Waals surface area contributed by atoms with Crippen molar-refractivity contribution in [1.82, 2.24) is 4.98 Å². The predicted molar refractivity (Wildman–Crippen MR) is 84.0 cm³/mol. The molecule has 1 aromatic carbocycles. The minimum Gasteiger partial charge on any atom is -0.320 e. The van der Waals surface area contributed by atoms with E-state index in [2.05, 4.69) is 22.1 Å². The first-order valence-corrected chi connectivity index (χ1v) is 6.74. The Balaban J connectivity index is 2.00. The van der Waals surface area contributed by atoms with Crippen LogP contribution in [-0.4, -0.2) is 17.4 Å². The first-order chi connectivity index (χ1) is 10.2. The molecule has 0 unspecified atom stereocenters. The lowest BCUT2D eigenvalue weighted by Gasteiger charge is -2.05. The summed E-state index contributed by atoms with van der Waals surface area (Å²) in [5, 5.41) is 3.39. The molecular weight excluding hydrogens is 286 g/mol. The van der Waals surface area contributed by atoms with Crippen LogP contribution >= 0.6 is 11.6 Å². The molecule has 2 aromatic rings. The van der Waals surface area contributed by atoms with Crippen LogP contribution in [0.3, 0.4) is 0 Å². The molecule has 4 nitrogen and oxygen atoms in total. The Bertz CT molecular complexity index is 687. The molecule has 0 bridgehead atoms. The quantitative estimate of drug-likeness (QED) is 0.854. The molecule has 106 valence electrons. The molecule has 1 aromatic heterocycles. The zero-order valence-electron chi connectivity index (χ0n) is 11.3. The summed E-state index contributed by atoms with van der Waals surface area (Å²) in [6.45, 7) is 0.292. The van der Waals surface area contributed by atoms with Gasteiger partial charge in [-0.3, -0.25) is 4.79 Å². The lowest BCUT2D eigenvalue weighted by Crippen LogP contribution is -2.15. The molecule has 1 amide bonds. The number of nitrogens with two attached hydrogens (primary N) is 1. The van der Waals surface area contributed by atoms with Gasteiger partial charge in [0.25, 0.3) is 0 Å². The number of carbonyl (C=O) groups is 1. The Hall–Kier alpha value is -2.35. The highest BCUT2D eigenvalue weighted by atomic mass is 35.5. The first kappa shape index (κ1) is 15.0. The van der Waals surface area contributed by atoms with Crippen molar-refractivity contribution >= 4 is 23.3 Å². The van der Waals surface area contributed by atoms with Gasteiger partial charge in [-0.05, 0) is 29.8 Å². The van der Waals surface area contributed by atoms with Gasteiger partial charge in [0.1, 0.15) is 5.82 Å². The number of hydrogen-bond donors (Lipinski definition) is 2. The first-order valence-electron chi connectivity index (χ1n) is 6.36. The molecule has 2 rings (SSSR count). The van der Waals surface area contributed by atoms with Crippen molar-refractivity contribution in [2.75, 3.05) is 11.9 Å². The van der Waals surface area contributed by atoms with Crippen molar-refractivity contribution in [2.24, 2.45) is 5.73 Å². The number of anilines is 1. The second-order valence-electron chi connectivity index (χ2n) is 4.29. The van der Waals surface area contributed by atoms with Gasteiger partial charge >= 0.3 is 0 Å². The summed E-state index contributed by atoms with van der Waals surface area (Å²) in [5.74, 6) is 5.97. The highest BCUT2D eigenvalue weighted by Crippen LogP contribution is 2.11. The van der Waals surface area contributed by atoms with E-state index < -0.39 is 0 Å². The third-order valence-electron chi connectivity index (χ3n) is 2.64. The molecule has 0 saturated carbocycles. The standard InChI is InChI=1S/C16H14ClN3O/c17-14-5-3-13(4-6-14)11-16(21)20-15-10-12(2-1-8-18)7-9-19-15/h3-7,9-10H,8,11,18H2,(H,19,20,21). The number of carbonyl (C=O) groups excluding carboxylic acids is 1. The van der Waals surface area contributed by atoms with E-state index in [0.29, 0.717) is 17.4 Å². The fourth-order valence-corrected chi connectivity index (χ4v) is 1.83. The van der Waals surface area contributed by atoms with Gasteiger partial charge in [0.2, 0.25) is 5.91 Å². The molecule has 0 aliphatic rings. The average molecular weight is 300 g/mol. The number of nitrogens with one attached hydrogen (secondary N) is 1. The average Bonchev–Trinajstić information content (AvgIpc) is 2.48. The van der Waals surface area contributed by atoms with Gasteiger partial charge in [0, 0.05) is 16.8 Å². The normalized spacial score (nSPS) is 9.62. The van der Waals surface area contributed by atoms with Crippen molar-refractivity contribution < 1.29 is 4.79 Å². The maximum absolute atomic E-state index is 12.0. The van der Waals surface area contributed by atoms with E-state index in [0.717, 1.165) is 11.1 Å². The number of halogens is 1. The third-order valence-corrected chi connectivity index (χ3v) is 2.89. The second kappa shape index (κ2) is 7.44. The van der Waals surface area contributed by atoms with E-state index in [1.165, 1.54) is 0 Å². The van der Waals surface area contributed by atoms with Crippen LogP contribution in [0.2, 0.25) is 5.02 Å². The molecule has 0 radical (unpaired) electrons. The van der Waals surface area contributed by atoms with Crippen molar-refractivity contribution in [1.29, 1.82) is 0 Å². The molecule has 0 fully saturated rings. The number of rotatable bonds is 3. The topological polar surface area (TPSA) is 68.0 Å². The Morgan fingerprint density at radius 1 is 1.29 bits per heavy atom. The maximum atomic E-state index is 12.0. The summed E-state index contributed by atoms with van der Waals surface area (Å²) < 4.78 is 0. The number of hydrogen-bond acceptors (Lipinski definition) is 3. The van der Waals surface area contributed by atoms with E-state index >= 15 is 0 Å². The van der Waals surface area contributed by atoms with Crippen molar-refractivity contribution in [2.45, 2.75) is 6.42 Å². The summed E-state index contributed by atoms with van der Waals surface area (Å²) in [7, 11) is 0. The van der Waals surface area contributed by atoms with Crippen LogP contribution in [0.5, 0.6) is 0 Å². The van der Waals surface area contributed by atoms with Crippen molar-refractivity contribution in [3.8, 4) is 11.8 Å². The molecule has 0 aliphatic carbocycles. The molecular formula is C16H14ClN3O. The Morgan fingerprint density at radius 2 is 2.05 bits per heavy atom. The lowest BCUT2D eigenvalue weighted by molar-refractivity contribution is -0.115. The molecule has 3 N–H and O–H groups in total. The highest BCUT2D eigenvalue weighted by Gasteiger charge is 2.05. The van der Waals surface area contributed by atoms with Crippen molar-refractivity contribution in [3.05, 3.63) is 58.7 Å². The predicted octanol–water partition coefficient (Wildman–Crippen LogP) is 2.23.